The maximum Gasteiger partial charge on any atom is 0.339 e. The van der Waals surface area contributed by atoms with Gasteiger partial charge in [-0.3, -0.25) is 10.1 Å². The lowest BCUT2D eigenvalue weighted by Gasteiger charge is -2.06. The van der Waals surface area contributed by atoms with Crippen LogP contribution in [0, 0.1) is 10.1 Å². The first kappa shape index (κ1) is 12.9. The zero-order valence-electron chi connectivity index (χ0n) is 9.28. The van der Waals surface area contributed by atoms with E-state index in [-0.39, 0.29) is 22.0 Å². The highest BCUT2D eigenvalue weighted by atomic mass is 35.5. The minimum absolute atomic E-state index is 0.151. The number of carboxylic acid groups (broad SMARTS) is 1. The quantitative estimate of drug-likeness (QED) is 0.683. The largest absolute Gasteiger partial charge is 0.478 e. The van der Waals surface area contributed by atoms with Crippen LogP contribution < -0.4 is 0 Å². The van der Waals surface area contributed by atoms with E-state index in [1.54, 1.807) is 0 Å². The molecule has 1 aromatic heterocycles. The number of aromatic carboxylic acids is 1. The third-order valence-corrected chi connectivity index (χ3v) is 2.65. The van der Waals surface area contributed by atoms with Crippen LogP contribution in [0.2, 0.25) is 5.15 Å². The SMILES string of the molecule is O=C(O)c1c(-c2cccc([N+](=O)[O-])c2)cnnc1Cl. The van der Waals surface area contributed by atoms with Crippen molar-refractivity contribution in [1.82, 2.24) is 10.2 Å². The van der Waals surface area contributed by atoms with E-state index in [1.165, 1.54) is 30.5 Å². The normalized spacial score (nSPS) is 10.2. The summed E-state index contributed by atoms with van der Waals surface area (Å²) in [6.45, 7) is 0. The van der Waals surface area contributed by atoms with Crippen molar-refractivity contribution < 1.29 is 14.8 Å². The molecule has 1 heterocycles. The van der Waals surface area contributed by atoms with Crippen LogP contribution in [-0.2, 0) is 0 Å². The Labute approximate surface area is 111 Å². The van der Waals surface area contributed by atoms with Crippen molar-refractivity contribution in [2.45, 2.75) is 0 Å². The van der Waals surface area contributed by atoms with Gasteiger partial charge in [0.15, 0.2) is 5.15 Å². The fraction of sp³-hybridized carbons (Fsp3) is 0. The number of rotatable bonds is 3. The minimum atomic E-state index is -1.28. The van der Waals surface area contributed by atoms with E-state index in [0.29, 0.717) is 5.56 Å². The summed E-state index contributed by atoms with van der Waals surface area (Å²) in [6.07, 6.45) is 1.20. The first-order chi connectivity index (χ1) is 9.00. The molecule has 0 aliphatic heterocycles. The lowest BCUT2D eigenvalue weighted by molar-refractivity contribution is -0.384. The van der Waals surface area contributed by atoms with Crippen LogP contribution >= 0.6 is 11.6 Å². The van der Waals surface area contributed by atoms with Gasteiger partial charge in [-0.25, -0.2) is 4.79 Å². The van der Waals surface area contributed by atoms with Crippen molar-refractivity contribution in [1.29, 1.82) is 0 Å². The molecule has 0 radical (unpaired) electrons. The van der Waals surface area contributed by atoms with Crippen LogP contribution in [0.5, 0.6) is 0 Å². The molecular weight excluding hydrogens is 274 g/mol. The summed E-state index contributed by atoms with van der Waals surface area (Å²) in [7, 11) is 0. The Morgan fingerprint density at radius 1 is 1.42 bits per heavy atom. The molecule has 0 saturated carbocycles. The molecule has 96 valence electrons. The van der Waals surface area contributed by atoms with Crippen molar-refractivity contribution >= 4 is 23.3 Å². The lowest BCUT2D eigenvalue weighted by Crippen LogP contribution is -2.03. The van der Waals surface area contributed by atoms with Gasteiger partial charge in [0, 0.05) is 17.7 Å². The highest BCUT2D eigenvalue weighted by Gasteiger charge is 2.19. The molecule has 0 aliphatic carbocycles. The standard InChI is InChI=1S/C11H6ClN3O4/c12-10-9(11(16)17)8(5-13-14-10)6-2-1-3-7(4-6)15(18)19/h1-5H,(H,16,17). The van der Waals surface area contributed by atoms with Crippen LogP contribution in [0.1, 0.15) is 10.4 Å². The molecule has 0 bridgehead atoms. The molecule has 0 aliphatic rings. The molecule has 1 aromatic carbocycles. The smallest absolute Gasteiger partial charge is 0.339 e. The second-order valence-corrected chi connectivity index (χ2v) is 3.89. The van der Waals surface area contributed by atoms with Crippen LogP contribution in [0.4, 0.5) is 5.69 Å². The van der Waals surface area contributed by atoms with Crippen molar-refractivity contribution in [2.24, 2.45) is 0 Å². The van der Waals surface area contributed by atoms with Gasteiger partial charge in [0.2, 0.25) is 0 Å². The number of halogens is 1. The summed E-state index contributed by atoms with van der Waals surface area (Å²) < 4.78 is 0. The number of carbonyl (C=O) groups is 1. The minimum Gasteiger partial charge on any atom is -0.478 e. The summed E-state index contributed by atoms with van der Waals surface area (Å²) >= 11 is 5.69. The maximum absolute atomic E-state index is 11.1. The van der Waals surface area contributed by atoms with E-state index in [2.05, 4.69) is 10.2 Å². The van der Waals surface area contributed by atoms with Crippen molar-refractivity contribution in [2.75, 3.05) is 0 Å². The van der Waals surface area contributed by atoms with Crippen LogP contribution in [0.25, 0.3) is 11.1 Å². The molecule has 0 amide bonds. The predicted molar refractivity (Wildman–Crippen MR) is 66.1 cm³/mol. The number of hydrogen-bond acceptors (Lipinski definition) is 5. The Morgan fingerprint density at radius 3 is 2.79 bits per heavy atom. The van der Waals surface area contributed by atoms with Gasteiger partial charge in [-0.1, -0.05) is 23.7 Å². The average molecular weight is 280 g/mol. The van der Waals surface area contributed by atoms with Crippen molar-refractivity contribution in [3.05, 3.63) is 51.3 Å². The summed E-state index contributed by atoms with van der Waals surface area (Å²) in [5.41, 5.74) is 0.124. The zero-order chi connectivity index (χ0) is 14.0. The van der Waals surface area contributed by atoms with E-state index >= 15 is 0 Å². The molecule has 1 N–H and O–H groups in total. The Kier molecular flexibility index (Phi) is 3.39. The highest BCUT2D eigenvalue weighted by Crippen LogP contribution is 2.29. The number of nitro benzene ring substituents is 1. The molecule has 0 saturated heterocycles. The van der Waals surface area contributed by atoms with E-state index in [9.17, 15) is 14.9 Å². The van der Waals surface area contributed by atoms with Gasteiger partial charge in [0.1, 0.15) is 5.56 Å². The summed E-state index contributed by atoms with van der Waals surface area (Å²) in [5, 5.41) is 26.5. The van der Waals surface area contributed by atoms with Gasteiger partial charge < -0.3 is 5.11 Å². The molecular formula is C11H6ClN3O4. The fourth-order valence-corrected chi connectivity index (χ4v) is 1.80. The van der Waals surface area contributed by atoms with Gasteiger partial charge in [-0.2, -0.15) is 5.10 Å². The van der Waals surface area contributed by atoms with Gasteiger partial charge in [-0.05, 0) is 5.56 Å². The Bertz CT molecular complexity index is 675. The topological polar surface area (TPSA) is 106 Å². The zero-order valence-corrected chi connectivity index (χ0v) is 10.0. The predicted octanol–water partition coefficient (Wildman–Crippen LogP) is 2.40. The molecule has 0 fully saturated rings. The molecule has 19 heavy (non-hydrogen) atoms. The Hall–Kier alpha value is -2.54. The molecule has 2 rings (SSSR count). The third-order valence-electron chi connectivity index (χ3n) is 2.39. The molecule has 2 aromatic rings. The second-order valence-electron chi connectivity index (χ2n) is 3.54. The molecule has 0 unspecified atom stereocenters. The number of benzene rings is 1. The number of carboxylic acids is 1. The van der Waals surface area contributed by atoms with Crippen molar-refractivity contribution in [3.8, 4) is 11.1 Å². The molecule has 0 atom stereocenters. The molecule has 7 nitrogen and oxygen atoms in total. The third kappa shape index (κ3) is 2.50. The molecule has 8 heteroatoms. The summed E-state index contributed by atoms with van der Waals surface area (Å²) in [6, 6.07) is 5.54. The first-order valence-corrected chi connectivity index (χ1v) is 5.38. The van der Waals surface area contributed by atoms with E-state index in [0.717, 1.165) is 0 Å². The number of non-ortho nitro benzene ring substituents is 1. The lowest BCUT2D eigenvalue weighted by atomic mass is 10.0. The van der Waals surface area contributed by atoms with Gasteiger partial charge in [0.25, 0.3) is 5.69 Å². The van der Waals surface area contributed by atoms with Gasteiger partial charge >= 0.3 is 5.97 Å². The first-order valence-electron chi connectivity index (χ1n) is 5.00. The number of nitrogens with zero attached hydrogens (tertiary/aromatic N) is 3. The summed E-state index contributed by atoms with van der Waals surface area (Å²) in [4.78, 5) is 21.3. The summed E-state index contributed by atoms with van der Waals surface area (Å²) in [5.74, 6) is -1.28. The average Bonchev–Trinajstić information content (AvgIpc) is 2.38. The number of nitro groups is 1. The van der Waals surface area contributed by atoms with E-state index in [1.807, 2.05) is 0 Å². The molecule has 0 spiro atoms. The second kappa shape index (κ2) is 4.99. The Balaban J connectivity index is 2.65. The number of hydrogen-bond donors (Lipinski definition) is 1. The van der Waals surface area contributed by atoms with E-state index in [4.69, 9.17) is 16.7 Å². The fourth-order valence-electron chi connectivity index (χ4n) is 1.57. The highest BCUT2D eigenvalue weighted by molar-refractivity contribution is 6.33. The number of aromatic nitrogens is 2. The maximum atomic E-state index is 11.1. The van der Waals surface area contributed by atoms with Gasteiger partial charge in [-0.15, -0.1) is 5.10 Å². The van der Waals surface area contributed by atoms with Crippen LogP contribution in [0.15, 0.2) is 30.5 Å². The van der Waals surface area contributed by atoms with Gasteiger partial charge in [0.05, 0.1) is 11.1 Å². The Morgan fingerprint density at radius 2 is 2.16 bits per heavy atom. The monoisotopic (exact) mass is 279 g/mol. The van der Waals surface area contributed by atoms with E-state index < -0.39 is 10.9 Å². The van der Waals surface area contributed by atoms with Crippen LogP contribution in [-0.4, -0.2) is 26.2 Å². The van der Waals surface area contributed by atoms with Crippen molar-refractivity contribution in [3.63, 3.8) is 0 Å². The van der Waals surface area contributed by atoms with Crippen LogP contribution in [0.3, 0.4) is 0 Å².